The fourth-order valence-electron chi connectivity index (χ4n) is 4.83. The molecule has 2 aromatic carbocycles. The van der Waals surface area contributed by atoms with Crippen LogP contribution in [0.4, 0.5) is 13.2 Å². The molecule has 3 atom stereocenters. The standard InChI is InChI=1S/C25H28F3N3O3/c1-14-11-21(34-2)19(18-7-9-29-22(14)18)13-31-10-8-17(30-24(28)23(26)27)12-20(31)15-3-5-16(6-4-15)25(32)33/h3-7,9,11,17,20,23-24,29-30H,8,10,12-13H2,1-2H3,(H,32,33). The Morgan fingerprint density at radius 1 is 1.26 bits per heavy atom. The van der Waals surface area contributed by atoms with E-state index in [1.54, 1.807) is 19.2 Å². The predicted octanol–water partition coefficient (Wildman–Crippen LogP) is 5.04. The molecule has 2 heterocycles. The first kappa shape index (κ1) is 24.1. The summed E-state index contributed by atoms with van der Waals surface area (Å²) in [5.41, 5.74) is 4.09. The summed E-state index contributed by atoms with van der Waals surface area (Å²) in [6.45, 7) is 3.08. The van der Waals surface area contributed by atoms with Crippen molar-refractivity contribution >= 4 is 16.9 Å². The molecule has 4 rings (SSSR count). The molecule has 3 N–H and O–H groups in total. The smallest absolute Gasteiger partial charge is 0.335 e. The zero-order valence-corrected chi connectivity index (χ0v) is 19.0. The van der Waals surface area contributed by atoms with Gasteiger partial charge in [-0.1, -0.05) is 12.1 Å². The van der Waals surface area contributed by atoms with Crippen LogP contribution in [0.1, 0.15) is 45.9 Å². The van der Waals surface area contributed by atoms with Crippen LogP contribution >= 0.6 is 0 Å². The van der Waals surface area contributed by atoms with Crippen LogP contribution < -0.4 is 10.1 Å². The van der Waals surface area contributed by atoms with E-state index in [4.69, 9.17) is 4.74 Å². The van der Waals surface area contributed by atoms with Gasteiger partial charge < -0.3 is 14.8 Å². The van der Waals surface area contributed by atoms with Gasteiger partial charge in [-0.05, 0) is 55.2 Å². The lowest BCUT2D eigenvalue weighted by atomic mass is 9.90. The number of aromatic amines is 1. The van der Waals surface area contributed by atoms with Gasteiger partial charge in [-0.25, -0.2) is 18.0 Å². The van der Waals surface area contributed by atoms with Crippen LogP contribution in [0.5, 0.6) is 5.75 Å². The number of hydrogen-bond donors (Lipinski definition) is 3. The van der Waals surface area contributed by atoms with Crippen LogP contribution in [0.2, 0.25) is 0 Å². The van der Waals surface area contributed by atoms with E-state index in [0.717, 1.165) is 33.3 Å². The Kier molecular flexibility index (Phi) is 7.13. The van der Waals surface area contributed by atoms with E-state index in [1.807, 2.05) is 25.3 Å². The Morgan fingerprint density at radius 3 is 2.65 bits per heavy atom. The highest BCUT2D eigenvalue weighted by atomic mass is 19.3. The lowest BCUT2D eigenvalue weighted by Crippen LogP contribution is -2.48. The lowest BCUT2D eigenvalue weighted by Gasteiger charge is -2.41. The van der Waals surface area contributed by atoms with Crippen molar-refractivity contribution in [1.29, 1.82) is 0 Å². The van der Waals surface area contributed by atoms with Crippen molar-refractivity contribution in [3.8, 4) is 5.75 Å². The number of fused-ring (bicyclic) bond motifs is 1. The third-order valence-electron chi connectivity index (χ3n) is 6.56. The van der Waals surface area contributed by atoms with Crippen LogP contribution in [0, 0.1) is 6.92 Å². The summed E-state index contributed by atoms with van der Waals surface area (Å²) in [5.74, 6) is -0.269. The second-order valence-electron chi connectivity index (χ2n) is 8.68. The van der Waals surface area contributed by atoms with Crippen molar-refractivity contribution in [2.24, 2.45) is 0 Å². The topological polar surface area (TPSA) is 77.6 Å². The number of likely N-dealkylation sites (tertiary alicyclic amines) is 1. The summed E-state index contributed by atoms with van der Waals surface area (Å²) in [6, 6.07) is 9.86. The Labute approximate surface area is 195 Å². The summed E-state index contributed by atoms with van der Waals surface area (Å²) in [7, 11) is 1.63. The number of carboxylic acids is 1. The molecule has 1 aromatic heterocycles. The number of carbonyl (C=O) groups is 1. The molecule has 3 aromatic rings. The van der Waals surface area contributed by atoms with Gasteiger partial charge in [0.15, 0.2) is 0 Å². The number of ether oxygens (including phenoxy) is 1. The number of methoxy groups -OCH3 is 1. The Morgan fingerprint density at radius 2 is 2.00 bits per heavy atom. The summed E-state index contributed by atoms with van der Waals surface area (Å²) >= 11 is 0. The van der Waals surface area contributed by atoms with E-state index in [0.29, 0.717) is 25.9 Å². The molecule has 0 bridgehead atoms. The number of H-pyrrole nitrogens is 1. The molecule has 0 radical (unpaired) electrons. The third kappa shape index (κ3) is 4.90. The van der Waals surface area contributed by atoms with Crippen molar-refractivity contribution in [3.05, 3.63) is 64.8 Å². The first-order valence-corrected chi connectivity index (χ1v) is 11.2. The number of aryl methyl sites for hydroxylation is 1. The van der Waals surface area contributed by atoms with Gasteiger partial charge in [0.2, 0.25) is 6.30 Å². The maximum absolute atomic E-state index is 13.7. The zero-order chi connectivity index (χ0) is 24.4. The number of nitrogens with zero attached hydrogens (tertiary/aromatic N) is 1. The van der Waals surface area contributed by atoms with Crippen LogP contribution in [-0.4, -0.2) is 53.4 Å². The summed E-state index contributed by atoms with van der Waals surface area (Å²) < 4.78 is 45.0. The molecular formula is C25H28F3N3O3. The van der Waals surface area contributed by atoms with E-state index >= 15 is 0 Å². The number of aromatic nitrogens is 1. The minimum atomic E-state index is -3.09. The molecule has 9 heteroatoms. The van der Waals surface area contributed by atoms with Gasteiger partial charge in [0, 0.05) is 47.8 Å². The van der Waals surface area contributed by atoms with Gasteiger partial charge >= 0.3 is 5.97 Å². The van der Waals surface area contributed by atoms with Crippen LogP contribution in [0.25, 0.3) is 10.9 Å². The van der Waals surface area contributed by atoms with Crippen LogP contribution in [-0.2, 0) is 6.54 Å². The SMILES string of the molecule is COc1cc(C)c2[nH]ccc2c1CN1CCC(NC(F)C(F)F)CC1c1ccc(C(=O)O)cc1. The van der Waals surface area contributed by atoms with E-state index in [1.165, 1.54) is 12.1 Å². The number of benzene rings is 2. The second-order valence-corrected chi connectivity index (χ2v) is 8.68. The average Bonchev–Trinajstić information content (AvgIpc) is 3.32. The molecule has 6 nitrogen and oxygen atoms in total. The first-order chi connectivity index (χ1) is 16.3. The molecule has 182 valence electrons. The Balaban J connectivity index is 1.66. The van der Waals surface area contributed by atoms with E-state index in [9.17, 15) is 23.1 Å². The first-order valence-electron chi connectivity index (χ1n) is 11.2. The summed E-state index contributed by atoms with van der Waals surface area (Å²) in [6.07, 6.45) is -2.69. The minimum absolute atomic E-state index is 0.163. The number of rotatable bonds is 8. The maximum atomic E-state index is 13.7. The fourth-order valence-corrected chi connectivity index (χ4v) is 4.83. The Bertz CT molecular complexity index is 1150. The summed E-state index contributed by atoms with van der Waals surface area (Å²) in [4.78, 5) is 16.8. The number of aromatic carboxylic acids is 1. The molecule has 1 fully saturated rings. The van der Waals surface area contributed by atoms with Crippen molar-refractivity contribution < 1.29 is 27.8 Å². The molecule has 1 aliphatic rings. The van der Waals surface area contributed by atoms with Gasteiger partial charge in [-0.2, -0.15) is 0 Å². The Hall–Kier alpha value is -3.04. The number of nitrogens with one attached hydrogen (secondary N) is 2. The molecule has 0 amide bonds. The van der Waals surface area contributed by atoms with E-state index in [2.05, 4.69) is 15.2 Å². The molecular weight excluding hydrogens is 447 g/mol. The lowest BCUT2D eigenvalue weighted by molar-refractivity contribution is 0.0115. The van der Waals surface area contributed by atoms with E-state index in [-0.39, 0.29) is 11.6 Å². The van der Waals surface area contributed by atoms with Gasteiger partial charge in [-0.3, -0.25) is 10.2 Å². The van der Waals surface area contributed by atoms with Crippen LogP contribution in [0.15, 0.2) is 42.6 Å². The fraction of sp³-hybridized carbons (Fsp3) is 0.400. The van der Waals surface area contributed by atoms with Crippen molar-refractivity contribution in [1.82, 2.24) is 15.2 Å². The zero-order valence-electron chi connectivity index (χ0n) is 19.0. The van der Waals surface area contributed by atoms with Gasteiger partial charge in [-0.15, -0.1) is 0 Å². The van der Waals surface area contributed by atoms with Crippen molar-refractivity contribution in [3.63, 3.8) is 0 Å². The quantitative estimate of drug-likeness (QED) is 0.398. The monoisotopic (exact) mass is 475 g/mol. The molecule has 1 aliphatic heterocycles. The maximum Gasteiger partial charge on any atom is 0.335 e. The van der Waals surface area contributed by atoms with Crippen molar-refractivity contribution in [2.45, 2.75) is 51.1 Å². The van der Waals surface area contributed by atoms with Gasteiger partial charge in [0.1, 0.15) is 5.75 Å². The van der Waals surface area contributed by atoms with Crippen molar-refractivity contribution in [2.75, 3.05) is 13.7 Å². The average molecular weight is 476 g/mol. The molecule has 0 spiro atoms. The third-order valence-corrected chi connectivity index (χ3v) is 6.56. The molecule has 0 aliphatic carbocycles. The predicted molar refractivity (Wildman–Crippen MR) is 123 cm³/mol. The van der Waals surface area contributed by atoms with E-state index < -0.39 is 24.7 Å². The number of halogens is 3. The minimum Gasteiger partial charge on any atom is -0.496 e. The second kappa shape index (κ2) is 10.1. The largest absolute Gasteiger partial charge is 0.496 e. The van der Waals surface area contributed by atoms with Crippen LogP contribution in [0.3, 0.4) is 0 Å². The molecule has 3 unspecified atom stereocenters. The molecule has 0 saturated carbocycles. The summed E-state index contributed by atoms with van der Waals surface area (Å²) in [5, 5.41) is 12.7. The highest BCUT2D eigenvalue weighted by Gasteiger charge is 2.33. The molecule has 1 saturated heterocycles. The normalized spacial score (nSPS) is 20.1. The number of piperidine rings is 1. The highest BCUT2D eigenvalue weighted by Crippen LogP contribution is 2.37. The molecule has 34 heavy (non-hydrogen) atoms. The number of carboxylic acid groups (broad SMARTS) is 1. The number of alkyl halides is 3. The van der Waals surface area contributed by atoms with Gasteiger partial charge in [0.05, 0.1) is 12.7 Å². The van der Waals surface area contributed by atoms with Gasteiger partial charge in [0.25, 0.3) is 6.43 Å². The number of hydrogen-bond acceptors (Lipinski definition) is 4. The highest BCUT2D eigenvalue weighted by molar-refractivity contribution is 5.88.